The summed E-state index contributed by atoms with van der Waals surface area (Å²) < 4.78 is 5.17. The highest BCUT2D eigenvalue weighted by atomic mass is 16.5. The van der Waals surface area contributed by atoms with Crippen LogP contribution in [0.5, 0.6) is 5.75 Å². The maximum Gasteiger partial charge on any atom is 0.118 e. The minimum Gasteiger partial charge on any atom is -0.497 e. The van der Waals surface area contributed by atoms with Crippen molar-refractivity contribution < 1.29 is 4.74 Å². The molecule has 2 rings (SSSR count). The van der Waals surface area contributed by atoms with Gasteiger partial charge < -0.3 is 4.74 Å². The lowest BCUT2D eigenvalue weighted by molar-refractivity contribution is 0.394. The third kappa shape index (κ3) is 4.09. The smallest absolute Gasteiger partial charge is 0.118 e. The van der Waals surface area contributed by atoms with Crippen LogP contribution in [0.15, 0.2) is 54.6 Å². The second-order valence-electron chi connectivity index (χ2n) is 5.75. The molecule has 0 aliphatic heterocycles. The predicted octanol–water partition coefficient (Wildman–Crippen LogP) is 3.87. The summed E-state index contributed by atoms with van der Waals surface area (Å²) in [6.07, 6.45) is 0.644. The predicted molar refractivity (Wildman–Crippen MR) is 88.7 cm³/mol. The average Bonchev–Trinajstić information content (AvgIpc) is 2.56. The minimum absolute atomic E-state index is 0.115. The van der Waals surface area contributed by atoms with E-state index in [1.54, 1.807) is 7.11 Å². The first-order valence-corrected chi connectivity index (χ1v) is 7.43. The standard InChI is InChI=1S/C19H22N2O/c1-15(17-7-5-4-6-8-17)21-19(2,14-20)13-16-9-11-18(22-3)12-10-16/h4-12,15,21H,13H2,1-3H3/t15-,19?/m0/s1. The van der Waals surface area contributed by atoms with Crippen LogP contribution < -0.4 is 10.1 Å². The largest absolute Gasteiger partial charge is 0.497 e. The van der Waals surface area contributed by atoms with Crippen LogP contribution >= 0.6 is 0 Å². The molecular formula is C19H22N2O. The first kappa shape index (κ1) is 16.1. The maximum atomic E-state index is 9.61. The highest BCUT2D eigenvalue weighted by Crippen LogP contribution is 2.21. The molecule has 3 heteroatoms. The average molecular weight is 294 g/mol. The second-order valence-corrected chi connectivity index (χ2v) is 5.75. The summed E-state index contributed by atoms with van der Waals surface area (Å²) in [4.78, 5) is 0. The Morgan fingerprint density at radius 1 is 1.14 bits per heavy atom. The van der Waals surface area contributed by atoms with E-state index in [9.17, 15) is 5.26 Å². The summed E-state index contributed by atoms with van der Waals surface area (Å²) in [5, 5.41) is 13.1. The molecule has 3 nitrogen and oxygen atoms in total. The van der Waals surface area contributed by atoms with Crippen molar-refractivity contribution in [2.45, 2.75) is 31.8 Å². The molecular weight excluding hydrogens is 272 g/mol. The fourth-order valence-electron chi connectivity index (χ4n) is 2.58. The Morgan fingerprint density at radius 2 is 1.77 bits per heavy atom. The quantitative estimate of drug-likeness (QED) is 0.879. The molecule has 1 unspecified atom stereocenters. The van der Waals surface area contributed by atoms with E-state index in [0.717, 1.165) is 11.3 Å². The normalized spacial score (nSPS) is 14.6. The first-order valence-electron chi connectivity index (χ1n) is 7.43. The molecule has 0 saturated carbocycles. The van der Waals surface area contributed by atoms with E-state index >= 15 is 0 Å². The molecule has 0 aliphatic rings. The molecule has 22 heavy (non-hydrogen) atoms. The lowest BCUT2D eigenvalue weighted by atomic mass is 9.92. The second kappa shape index (κ2) is 7.11. The number of hydrogen-bond acceptors (Lipinski definition) is 3. The zero-order valence-corrected chi connectivity index (χ0v) is 13.3. The van der Waals surface area contributed by atoms with Crippen LogP contribution in [-0.2, 0) is 6.42 Å². The van der Waals surface area contributed by atoms with Crippen molar-refractivity contribution in [3.63, 3.8) is 0 Å². The van der Waals surface area contributed by atoms with Crippen LogP contribution in [0.2, 0.25) is 0 Å². The van der Waals surface area contributed by atoms with Crippen molar-refractivity contribution in [2.24, 2.45) is 0 Å². The number of hydrogen-bond donors (Lipinski definition) is 1. The number of ether oxygens (including phenoxy) is 1. The van der Waals surface area contributed by atoms with Crippen molar-refractivity contribution in [1.29, 1.82) is 5.26 Å². The molecule has 0 spiro atoms. The number of nitriles is 1. The summed E-state index contributed by atoms with van der Waals surface area (Å²) >= 11 is 0. The molecule has 0 aliphatic carbocycles. The third-order valence-corrected chi connectivity index (χ3v) is 3.80. The van der Waals surface area contributed by atoms with Gasteiger partial charge in [-0.15, -0.1) is 0 Å². The van der Waals surface area contributed by atoms with Crippen molar-refractivity contribution in [3.05, 3.63) is 65.7 Å². The van der Waals surface area contributed by atoms with E-state index in [-0.39, 0.29) is 6.04 Å². The van der Waals surface area contributed by atoms with Crippen molar-refractivity contribution >= 4 is 0 Å². The summed E-state index contributed by atoms with van der Waals surface area (Å²) in [6.45, 7) is 4.02. The molecule has 0 bridgehead atoms. The van der Waals surface area contributed by atoms with Gasteiger partial charge in [0.05, 0.1) is 13.2 Å². The molecule has 1 N–H and O–H groups in total. The van der Waals surface area contributed by atoms with Gasteiger partial charge >= 0.3 is 0 Å². The fourth-order valence-corrected chi connectivity index (χ4v) is 2.58. The van der Waals surface area contributed by atoms with Crippen LogP contribution in [0, 0.1) is 11.3 Å². The van der Waals surface area contributed by atoms with E-state index < -0.39 is 5.54 Å². The number of nitrogens with one attached hydrogen (secondary N) is 1. The zero-order chi connectivity index (χ0) is 16.0. The van der Waals surface area contributed by atoms with Crippen molar-refractivity contribution in [1.82, 2.24) is 5.32 Å². The van der Waals surface area contributed by atoms with E-state index in [1.165, 1.54) is 5.56 Å². The molecule has 114 valence electrons. The van der Waals surface area contributed by atoms with Gasteiger partial charge in [-0.25, -0.2) is 0 Å². The van der Waals surface area contributed by atoms with E-state index in [2.05, 4.69) is 30.4 Å². The Kier molecular flexibility index (Phi) is 5.19. The zero-order valence-electron chi connectivity index (χ0n) is 13.3. The van der Waals surface area contributed by atoms with Crippen LogP contribution in [-0.4, -0.2) is 12.6 Å². The number of nitrogens with zero attached hydrogens (tertiary/aromatic N) is 1. The van der Waals surface area contributed by atoms with Gasteiger partial charge in [-0.05, 0) is 37.1 Å². The van der Waals surface area contributed by atoms with Crippen LogP contribution in [0.3, 0.4) is 0 Å². The summed E-state index contributed by atoms with van der Waals surface area (Å²) in [5.74, 6) is 0.827. The van der Waals surface area contributed by atoms with Gasteiger partial charge in [0.2, 0.25) is 0 Å². The SMILES string of the molecule is COc1ccc(CC(C)(C#N)N[C@@H](C)c2ccccc2)cc1. The number of rotatable bonds is 6. The maximum absolute atomic E-state index is 9.61. The van der Waals surface area contributed by atoms with Gasteiger partial charge in [-0.2, -0.15) is 5.26 Å². The van der Waals surface area contributed by atoms with E-state index in [1.807, 2.05) is 49.4 Å². The summed E-state index contributed by atoms with van der Waals surface area (Å²) in [7, 11) is 1.65. The van der Waals surface area contributed by atoms with Crippen LogP contribution in [0.4, 0.5) is 0 Å². The van der Waals surface area contributed by atoms with Gasteiger partial charge in [0, 0.05) is 12.5 Å². The van der Waals surface area contributed by atoms with Crippen LogP contribution in [0.25, 0.3) is 0 Å². The van der Waals surface area contributed by atoms with Gasteiger partial charge in [-0.1, -0.05) is 42.5 Å². The summed E-state index contributed by atoms with van der Waals surface area (Å²) in [6, 6.07) is 20.6. The van der Waals surface area contributed by atoms with Gasteiger partial charge in [0.25, 0.3) is 0 Å². The first-order chi connectivity index (χ1) is 10.6. The topological polar surface area (TPSA) is 45.0 Å². The molecule has 0 radical (unpaired) electrons. The molecule has 2 atom stereocenters. The lowest BCUT2D eigenvalue weighted by Gasteiger charge is -2.28. The molecule has 2 aromatic carbocycles. The van der Waals surface area contributed by atoms with E-state index in [4.69, 9.17) is 4.74 Å². The molecule has 0 saturated heterocycles. The van der Waals surface area contributed by atoms with E-state index in [0.29, 0.717) is 6.42 Å². The van der Waals surface area contributed by atoms with Gasteiger partial charge in [-0.3, -0.25) is 5.32 Å². The molecule has 0 aromatic heterocycles. The molecule has 0 fully saturated rings. The fraction of sp³-hybridized carbons (Fsp3) is 0.316. The Morgan fingerprint density at radius 3 is 2.32 bits per heavy atom. The Bertz CT molecular complexity index is 631. The Balaban J connectivity index is 2.09. The van der Waals surface area contributed by atoms with Gasteiger partial charge in [0.1, 0.15) is 11.3 Å². The molecule has 0 heterocycles. The van der Waals surface area contributed by atoms with Crippen molar-refractivity contribution in [2.75, 3.05) is 7.11 Å². The Hall–Kier alpha value is -2.31. The lowest BCUT2D eigenvalue weighted by Crippen LogP contribution is -2.44. The number of methoxy groups -OCH3 is 1. The highest BCUT2D eigenvalue weighted by molar-refractivity contribution is 5.30. The van der Waals surface area contributed by atoms with Crippen molar-refractivity contribution in [3.8, 4) is 11.8 Å². The third-order valence-electron chi connectivity index (χ3n) is 3.80. The minimum atomic E-state index is -0.621. The van der Waals surface area contributed by atoms with Gasteiger partial charge in [0.15, 0.2) is 0 Å². The molecule has 2 aromatic rings. The monoisotopic (exact) mass is 294 g/mol. The highest BCUT2D eigenvalue weighted by Gasteiger charge is 2.26. The molecule has 0 amide bonds. The van der Waals surface area contributed by atoms with Crippen LogP contribution in [0.1, 0.15) is 31.0 Å². The summed E-state index contributed by atoms with van der Waals surface area (Å²) in [5.41, 5.74) is 1.67. The Labute approximate surface area is 132 Å². The number of benzene rings is 2.